The SMILES string of the molecule is Nc1nccnc1C(=O)N1CCN(c2ncc(Br)cn2)CC1. The second-order valence-corrected chi connectivity index (χ2v) is 5.69. The first-order chi connectivity index (χ1) is 10.6. The molecule has 22 heavy (non-hydrogen) atoms. The van der Waals surface area contributed by atoms with E-state index in [9.17, 15) is 4.79 Å². The number of halogens is 1. The summed E-state index contributed by atoms with van der Waals surface area (Å²) in [7, 11) is 0. The van der Waals surface area contributed by atoms with Crippen molar-refractivity contribution in [2.45, 2.75) is 0 Å². The number of nitrogens with zero attached hydrogens (tertiary/aromatic N) is 6. The zero-order chi connectivity index (χ0) is 15.5. The van der Waals surface area contributed by atoms with E-state index in [1.54, 1.807) is 17.3 Å². The second-order valence-electron chi connectivity index (χ2n) is 4.77. The molecule has 0 saturated carbocycles. The molecule has 0 atom stereocenters. The molecule has 0 aliphatic carbocycles. The summed E-state index contributed by atoms with van der Waals surface area (Å²) in [4.78, 5) is 32.6. The summed E-state index contributed by atoms with van der Waals surface area (Å²) in [6.07, 6.45) is 6.35. The van der Waals surface area contributed by atoms with Crippen LogP contribution in [-0.4, -0.2) is 56.9 Å². The van der Waals surface area contributed by atoms with Crippen LogP contribution in [0.2, 0.25) is 0 Å². The minimum absolute atomic E-state index is 0.158. The number of carbonyl (C=O) groups excluding carboxylic acids is 1. The van der Waals surface area contributed by atoms with Crippen LogP contribution in [0.3, 0.4) is 0 Å². The van der Waals surface area contributed by atoms with E-state index in [1.807, 2.05) is 4.90 Å². The van der Waals surface area contributed by atoms with Crippen LogP contribution >= 0.6 is 15.9 Å². The maximum Gasteiger partial charge on any atom is 0.276 e. The first-order valence-corrected chi connectivity index (χ1v) is 7.52. The van der Waals surface area contributed by atoms with Crippen molar-refractivity contribution in [3.8, 4) is 0 Å². The minimum atomic E-state index is -0.193. The van der Waals surface area contributed by atoms with Crippen LogP contribution in [-0.2, 0) is 0 Å². The molecule has 1 saturated heterocycles. The van der Waals surface area contributed by atoms with Gasteiger partial charge in [-0.1, -0.05) is 0 Å². The Kier molecular flexibility index (Phi) is 4.14. The van der Waals surface area contributed by atoms with Crippen molar-refractivity contribution >= 4 is 33.6 Å². The standard InChI is InChI=1S/C13H14BrN7O/c14-9-7-18-13(19-8-9)21-5-3-20(4-6-21)12(22)10-11(15)17-2-1-16-10/h1-2,7-8H,3-6H2,(H2,15,17). The van der Waals surface area contributed by atoms with Crippen molar-refractivity contribution in [3.05, 3.63) is 35.0 Å². The maximum atomic E-state index is 12.4. The van der Waals surface area contributed by atoms with Gasteiger partial charge in [-0.15, -0.1) is 0 Å². The fourth-order valence-electron chi connectivity index (χ4n) is 2.24. The fraction of sp³-hybridized carbons (Fsp3) is 0.308. The van der Waals surface area contributed by atoms with Crippen LogP contribution < -0.4 is 10.6 Å². The maximum absolute atomic E-state index is 12.4. The van der Waals surface area contributed by atoms with Crippen molar-refractivity contribution in [2.75, 3.05) is 36.8 Å². The third kappa shape index (κ3) is 2.98. The van der Waals surface area contributed by atoms with Crippen LogP contribution in [0.25, 0.3) is 0 Å². The van der Waals surface area contributed by atoms with Gasteiger partial charge in [-0.2, -0.15) is 0 Å². The Morgan fingerprint density at radius 1 is 1.05 bits per heavy atom. The lowest BCUT2D eigenvalue weighted by Crippen LogP contribution is -2.49. The summed E-state index contributed by atoms with van der Waals surface area (Å²) in [5.74, 6) is 0.627. The molecular weight excluding hydrogens is 350 g/mol. The lowest BCUT2D eigenvalue weighted by atomic mass is 10.2. The smallest absolute Gasteiger partial charge is 0.276 e. The lowest BCUT2D eigenvalue weighted by molar-refractivity contribution is 0.0741. The second kappa shape index (κ2) is 6.22. The average Bonchev–Trinajstić information content (AvgIpc) is 2.56. The van der Waals surface area contributed by atoms with E-state index >= 15 is 0 Å². The monoisotopic (exact) mass is 363 g/mol. The molecule has 0 aromatic carbocycles. The normalized spacial score (nSPS) is 15.0. The number of amides is 1. The predicted octanol–water partition coefficient (Wildman–Crippen LogP) is 0.574. The number of nitrogen functional groups attached to an aromatic ring is 1. The Labute approximate surface area is 135 Å². The van der Waals surface area contributed by atoms with Gasteiger partial charge in [-0.3, -0.25) is 4.79 Å². The van der Waals surface area contributed by atoms with Crippen molar-refractivity contribution in [3.63, 3.8) is 0 Å². The molecule has 0 radical (unpaired) electrons. The Bertz CT molecular complexity index is 670. The van der Waals surface area contributed by atoms with Gasteiger partial charge >= 0.3 is 0 Å². The first-order valence-electron chi connectivity index (χ1n) is 6.73. The van der Waals surface area contributed by atoms with Crippen LogP contribution in [0.15, 0.2) is 29.3 Å². The highest BCUT2D eigenvalue weighted by Gasteiger charge is 2.25. The quantitative estimate of drug-likeness (QED) is 0.832. The summed E-state index contributed by atoms with van der Waals surface area (Å²) in [5.41, 5.74) is 5.91. The Morgan fingerprint density at radius 3 is 2.32 bits per heavy atom. The van der Waals surface area contributed by atoms with Crippen molar-refractivity contribution in [2.24, 2.45) is 0 Å². The molecule has 0 unspecified atom stereocenters. The van der Waals surface area contributed by atoms with E-state index in [0.717, 1.165) is 4.47 Å². The van der Waals surface area contributed by atoms with Gasteiger partial charge in [0.05, 0.1) is 4.47 Å². The summed E-state index contributed by atoms with van der Waals surface area (Å²) in [6.45, 7) is 2.45. The van der Waals surface area contributed by atoms with Gasteiger partial charge in [0.2, 0.25) is 5.95 Å². The molecule has 0 spiro atoms. The van der Waals surface area contributed by atoms with Gasteiger partial charge in [0.1, 0.15) is 0 Å². The van der Waals surface area contributed by atoms with Gasteiger partial charge in [0.15, 0.2) is 11.5 Å². The Balaban J connectivity index is 1.65. The third-order valence-corrected chi connectivity index (χ3v) is 3.80. The lowest BCUT2D eigenvalue weighted by Gasteiger charge is -2.34. The molecule has 2 N–H and O–H groups in total. The Morgan fingerprint density at radius 2 is 1.68 bits per heavy atom. The van der Waals surface area contributed by atoms with E-state index in [0.29, 0.717) is 32.1 Å². The number of hydrogen-bond donors (Lipinski definition) is 1. The molecule has 2 aromatic rings. The summed E-state index contributed by atoms with van der Waals surface area (Å²) >= 11 is 3.31. The molecule has 114 valence electrons. The zero-order valence-electron chi connectivity index (χ0n) is 11.7. The molecule has 1 aliphatic rings. The van der Waals surface area contributed by atoms with E-state index in [1.165, 1.54) is 12.4 Å². The first kappa shape index (κ1) is 14.6. The van der Waals surface area contributed by atoms with Crippen molar-refractivity contribution in [1.29, 1.82) is 0 Å². The number of anilines is 2. The number of rotatable bonds is 2. The summed E-state index contributed by atoms with van der Waals surface area (Å²) in [6, 6.07) is 0. The fourth-order valence-corrected chi connectivity index (χ4v) is 2.45. The molecule has 9 heteroatoms. The number of piperazine rings is 1. The Hall–Kier alpha value is -2.29. The van der Waals surface area contributed by atoms with Gasteiger partial charge in [-0.05, 0) is 15.9 Å². The zero-order valence-corrected chi connectivity index (χ0v) is 13.3. The molecule has 0 bridgehead atoms. The molecule has 3 heterocycles. The molecule has 8 nitrogen and oxygen atoms in total. The summed E-state index contributed by atoms with van der Waals surface area (Å²) < 4.78 is 0.836. The average molecular weight is 364 g/mol. The highest BCUT2D eigenvalue weighted by atomic mass is 79.9. The van der Waals surface area contributed by atoms with Crippen LogP contribution in [0.1, 0.15) is 10.5 Å². The van der Waals surface area contributed by atoms with Crippen LogP contribution in [0, 0.1) is 0 Å². The third-order valence-electron chi connectivity index (χ3n) is 3.39. The molecule has 1 fully saturated rings. The predicted molar refractivity (Wildman–Crippen MR) is 84.3 cm³/mol. The molecule has 2 aromatic heterocycles. The minimum Gasteiger partial charge on any atom is -0.382 e. The van der Waals surface area contributed by atoms with Crippen LogP contribution in [0.5, 0.6) is 0 Å². The van der Waals surface area contributed by atoms with E-state index in [4.69, 9.17) is 5.73 Å². The van der Waals surface area contributed by atoms with Gasteiger partial charge < -0.3 is 15.5 Å². The van der Waals surface area contributed by atoms with E-state index in [2.05, 4.69) is 35.9 Å². The summed E-state index contributed by atoms with van der Waals surface area (Å²) in [5, 5.41) is 0. The molecule has 1 amide bonds. The number of hydrogen-bond acceptors (Lipinski definition) is 7. The molecule has 1 aliphatic heterocycles. The van der Waals surface area contributed by atoms with Crippen molar-refractivity contribution < 1.29 is 4.79 Å². The van der Waals surface area contributed by atoms with E-state index in [-0.39, 0.29) is 17.4 Å². The van der Waals surface area contributed by atoms with Gasteiger partial charge in [0, 0.05) is 51.0 Å². The molecular formula is C13H14BrN7O. The number of aromatic nitrogens is 4. The van der Waals surface area contributed by atoms with Gasteiger partial charge in [-0.25, -0.2) is 19.9 Å². The van der Waals surface area contributed by atoms with Crippen LogP contribution in [0.4, 0.5) is 11.8 Å². The van der Waals surface area contributed by atoms with E-state index < -0.39 is 0 Å². The van der Waals surface area contributed by atoms with Gasteiger partial charge in [0.25, 0.3) is 5.91 Å². The highest BCUT2D eigenvalue weighted by Crippen LogP contribution is 2.15. The highest BCUT2D eigenvalue weighted by molar-refractivity contribution is 9.10. The number of carbonyl (C=O) groups is 1. The molecule has 3 rings (SSSR count). The topological polar surface area (TPSA) is 101 Å². The van der Waals surface area contributed by atoms with Crippen molar-refractivity contribution in [1.82, 2.24) is 24.8 Å². The number of nitrogens with two attached hydrogens (primary N) is 1. The largest absolute Gasteiger partial charge is 0.382 e.